The lowest BCUT2D eigenvalue weighted by atomic mass is 9.85. The maximum atomic E-state index is 10.9. The number of hydrogen-bond acceptors (Lipinski definition) is 2. The summed E-state index contributed by atoms with van der Waals surface area (Å²) in [5.41, 5.74) is 5.22. The number of aromatic nitrogens is 1. The van der Waals surface area contributed by atoms with Crippen molar-refractivity contribution in [1.29, 1.82) is 0 Å². The zero-order valence-electron chi connectivity index (χ0n) is 11.5. The first kappa shape index (κ1) is 12.1. The highest BCUT2D eigenvalue weighted by Gasteiger charge is 2.37. The van der Waals surface area contributed by atoms with Gasteiger partial charge in [0.2, 0.25) is 0 Å². The average Bonchev–Trinajstić information content (AvgIpc) is 3.11. The molecule has 0 radical (unpaired) electrons. The van der Waals surface area contributed by atoms with Crippen molar-refractivity contribution < 1.29 is 5.11 Å². The van der Waals surface area contributed by atoms with E-state index in [1.807, 2.05) is 12.3 Å². The van der Waals surface area contributed by atoms with Crippen LogP contribution in [-0.2, 0) is 12.8 Å². The van der Waals surface area contributed by atoms with Crippen molar-refractivity contribution in [1.82, 2.24) is 4.98 Å². The van der Waals surface area contributed by atoms with Gasteiger partial charge in [0.25, 0.3) is 0 Å². The fraction of sp³-hybridized carbons (Fsp3) is 0.389. The monoisotopic (exact) mass is 265 g/mol. The van der Waals surface area contributed by atoms with Crippen molar-refractivity contribution in [2.24, 2.45) is 0 Å². The Bertz CT molecular complexity index is 581. The molecule has 2 aliphatic rings. The molecule has 4 rings (SSSR count). The summed E-state index contributed by atoms with van der Waals surface area (Å²) in [6.45, 7) is 0. The van der Waals surface area contributed by atoms with Crippen molar-refractivity contribution in [3.63, 3.8) is 0 Å². The molecule has 2 aromatic rings. The fourth-order valence-electron chi connectivity index (χ4n) is 4.00. The summed E-state index contributed by atoms with van der Waals surface area (Å²) in [5.74, 6) is 0.492. The first-order chi connectivity index (χ1) is 9.84. The fourth-order valence-corrected chi connectivity index (χ4v) is 4.00. The largest absolute Gasteiger partial charge is 0.392 e. The lowest BCUT2D eigenvalue weighted by Gasteiger charge is -2.25. The second-order valence-corrected chi connectivity index (χ2v) is 6.03. The second kappa shape index (κ2) is 4.71. The zero-order valence-corrected chi connectivity index (χ0v) is 11.5. The van der Waals surface area contributed by atoms with E-state index >= 15 is 0 Å². The molecule has 3 atom stereocenters. The van der Waals surface area contributed by atoms with Crippen LogP contribution in [0.2, 0.25) is 0 Å². The Balaban J connectivity index is 1.65. The van der Waals surface area contributed by atoms with Gasteiger partial charge in [-0.3, -0.25) is 4.98 Å². The first-order valence-corrected chi connectivity index (χ1v) is 7.54. The molecule has 0 aliphatic heterocycles. The summed E-state index contributed by atoms with van der Waals surface area (Å²) in [6.07, 6.45) is 5.81. The zero-order chi connectivity index (χ0) is 13.5. The van der Waals surface area contributed by atoms with Crippen molar-refractivity contribution in [2.75, 3.05) is 0 Å². The quantitative estimate of drug-likeness (QED) is 0.904. The van der Waals surface area contributed by atoms with E-state index in [2.05, 4.69) is 35.3 Å². The third-order valence-corrected chi connectivity index (χ3v) is 5.01. The van der Waals surface area contributed by atoms with Crippen molar-refractivity contribution >= 4 is 0 Å². The Hall–Kier alpha value is -1.67. The third kappa shape index (κ3) is 1.79. The van der Waals surface area contributed by atoms with Gasteiger partial charge in [-0.05, 0) is 48.4 Å². The third-order valence-electron chi connectivity index (χ3n) is 5.01. The van der Waals surface area contributed by atoms with Crippen molar-refractivity contribution in [2.45, 2.75) is 43.6 Å². The Morgan fingerprint density at radius 3 is 2.65 bits per heavy atom. The van der Waals surface area contributed by atoms with Gasteiger partial charge in [0.05, 0.1) is 6.10 Å². The predicted molar refractivity (Wildman–Crippen MR) is 78.8 cm³/mol. The molecule has 0 fully saturated rings. The van der Waals surface area contributed by atoms with E-state index in [1.165, 1.54) is 16.7 Å². The maximum absolute atomic E-state index is 10.9. The standard InChI is InChI=1S/C18H19NO/c20-18(15-9-7-12-4-1-2-6-14(12)15)16-10-8-13-5-3-11-19-17(13)16/h1-6,11,15-16,18,20H,7-10H2. The van der Waals surface area contributed by atoms with E-state index < -0.39 is 0 Å². The number of aliphatic hydroxyl groups is 1. The Labute approximate surface area is 119 Å². The van der Waals surface area contributed by atoms with Gasteiger partial charge in [-0.15, -0.1) is 0 Å². The van der Waals surface area contributed by atoms with Gasteiger partial charge < -0.3 is 5.11 Å². The predicted octanol–water partition coefficient (Wildman–Crippen LogP) is 3.20. The SMILES string of the molecule is OC(C1CCc2ccccc21)C1CCc2cccnc21. The van der Waals surface area contributed by atoms with Crippen LogP contribution in [0, 0.1) is 0 Å². The van der Waals surface area contributed by atoms with Crippen molar-refractivity contribution in [3.05, 3.63) is 65.0 Å². The number of pyridine rings is 1. The van der Waals surface area contributed by atoms with Gasteiger partial charge in [-0.1, -0.05) is 30.3 Å². The van der Waals surface area contributed by atoms with E-state index in [1.54, 1.807) is 0 Å². The molecule has 0 amide bonds. The molecule has 1 aromatic heterocycles. The van der Waals surface area contributed by atoms with Gasteiger partial charge in [-0.25, -0.2) is 0 Å². The van der Waals surface area contributed by atoms with Crippen LogP contribution in [0.25, 0.3) is 0 Å². The van der Waals surface area contributed by atoms with Crippen LogP contribution >= 0.6 is 0 Å². The minimum absolute atomic E-state index is 0.211. The molecule has 0 spiro atoms. The Kier molecular flexibility index (Phi) is 2.85. The van der Waals surface area contributed by atoms with Gasteiger partial charge in [0.1, 0.15) is 0 Å². The molecule has 0 saturated carbocycles. The molecule has 1 heterocycles. The van der Waals surface area contributed by atoms with Crippen LogP contribution in [0.15, 0.2) is 42.6 Å². The van der Waals surface area contributed by atoms with Crippen LogP contribution in [0.4, 0.5) is 0 Å². The highest BCUT2D eigenvalue weighted by Crippen LogP contribution is 2.43. The molecule has 0 saturated heterocycles. The van der Waals surface area contributed by atoms with Gasteiger partial charge in [-0.2, -0.15) is 0 Å². The normalized spacial score (nSPS) is 25.2. The van der Waals surface area contributed by atoms with Crippen LogP contribution in [0.1, 0.15) is 47.1 Å². The summed E-state index contributed by atoms with van der Waals surface area (Å²) >= 11 is 0. The Morgan fingerprint density at radius 2 is 1.70 bits per heavy atom. The summed E-state index contributed by atoms with van der Waals surface area (Å²) in [7, 11) is 0. The summed E-state index contributed by atoms with van der Waals surface area (Å²) < 4.78 is 0. The number of benzene rings is 1. The van der Waals surface area contributed by atoms with E-state index in [4.69, 9.17) is 0 Å². The summed E-state index contributed by atoms with van der Waals surface area (Å²) in [6, 6.07) is 12.7. The van der Waals surface area contributed by atoms with E-state index in [0.717, 1.165) is 31.4 Å². The maximum Gasteiger partial charge on any atom is 0.0692 e. The smallest absolute Gasteiger partial charge is 0.0692 e. The number of rotatable bonds is 2. The van der Waals surface area contributed by atoms with Crippen molar-refractivity contribution in [3.8, 4) is 0 Å². The van der Waals surface area contributed by atoms with Gasteiger partial charge >= 0.3 is 0 Å². The number of aliphatic hydroxyl groups excluding tert-OH is 1. The van der Waals surface area contributed by atoms with Crippen LogP contribution in [0.3, 0.4) is 0 Å². The minimum Gasteiger partial charge on any atom is -0.392 e. The highest BCUT2D eigenvalue weighted by molar-refractivity contribution is 5.38. The molecule has 3 unspecified atom stereocenters. The van der Waals surface area contributed by atoms with E-state index in [0.29, 0.717) is 0 Å². The molecule has 1 N–H and O–H groups in total. The average molecular weight is 265 g/mol. The second-order valence-electron chi connectivity index (χ2n) is 6.03. The minimum atomic E-state index is -0.296. The molecule has 1 aromatic carbocycles. The molecule has 102 valence electrons. The van der Waals surface area contributed by atoms with Crippen LogP contribution < -0.4 is 0 Å². The summed E-state index contributed by atoms with van der Waals surface area (Å²) in [5, 5.41) is 10.9. The molecular weight excluding hydrogens is 246 g/mol. The topological polar surface area (TPSA) is 33.1 Å². The van der Waals surface area contributed by atoms with Crippen LogP contribution in [0.5, 0.6) is 0 Å². The molecule has 20 heavy (non-hydrogen) atoms. The first-order valence-electron chi connectivity index (χ1n) is 7.54. The lowest BCUT2D eigenvalue weighted by Crippen LogP contribution is -2.24. The molecular formula is C18H19NO. The summed E-state index contributed by atoms with van der Waals surface area (Å²) in [4.78, 5) is 4.53. The number of hydrogen-bond donors (Lipinski definition) is 1. The number of fused-ring (bicyclic) bond motifs is 2. The Morgan fingerprint density at radius 1 is 0.950 bits per heavy atom. The number of nitrogens with zero attached hydrogens (tertiary/aromatic N) is 1. The molecule has 2 heteroatoms. The van der Waals surface area contributed by atoms with E-state index in [9.17, 15) is 5.11 Å². The van der Waals surface area contributed by atoms with Crippen LogP contribution in [-0.4, -0.2) is 16.2 Å². The molecule has 2 aliphatic carbocycles. The molecule has 0 bridgehead atoms. The van der Waals surface area contributed by atoms with Gasteiger partial charge in [0.15, 0.2) is 0 Å². The van der Waals surface area contributed by atoms with Gasteiger partial charge in [0, 0.05) is 23.7 Å². The highest BCUT2D eigenvalue weighted by atomic mass is 16.3. The number of aryl methyl sites for hydroxylation is 2. The molecule has 2 nitrogen and oxygen atoms in total. The van der Waals surface area contributed by atoms with E-state index in [-0.39, 0.29) is 17.9 Å². The lowest BCUT2D eigenvalue weighted by molar-refractivity contribution is 0.111.